The summed E-state index contributed by atoms with van der Waals surface area (Å²) in [5, 5.41) is 10.0. The number of halogens is 1. The molecule has 168 valence electrons. The molecule has 1 aliphatic heterocycles. The number of aryl methyl sites for hydroxylation is 1. The average molecular weight is 447 g/mol. The predicted octanol–water partition coefficient (Wildman–Crippen LogP) is 2.67. The fourth-order valence-corrected chi connectivity index (χ4v) is 3.68. The van der Waals surface area contributed by atoms with Gasteiger partial charge in [-0.3, -0.25) is 9.69 Å². The van der Waals surface area contributed by atoms with Gasteiger partial charge in [0.25, 0.3) is 5.91 Å². The van der Waals surface area contributed by atoms with Crippen molar-refractivity contribution < 1.29 is 14.3 Å². The molecule has 8 heteroatoms. The molecular formula is C23H31ClN4O3. The first kappa shape index (κ1) is 23.3. The third-order valence-corrected chi connectivity index (χ3v) is 5.40. The SMILES string of the molecule is COc1cc(CNCCN2CCNCC2)cc(Cl)c1OCC(=O)Nc1ccc(C)cc1. The van der Waals surface area contributed by atoms with E-state index in [0.29, 0.717) is 23.1 Å². The Bertz CT molecular complexity index is 855. The Hall–Kier alpha value is -2.32. The Morgan fingerprint density at radius 1 is 1.19 bits per heavy atom. The fraction of sp³-hybridized carbons (Fsp3) is 0.435. The van der Waals surface area contributed by atoms with Gasteiger partial charge in [-0.15, -0.1) is 0 Å². The van der Waals surface area contributed by atoms with E-state index in [2.05, 4.69) is 20.9 Å². The molecule has 0 radical (unpaired) electrons. The Kier molecular flexibility index (Phi) is 8.97. The first-order valence-corrected chi connectivity index (χ1v) is 10.9. The van der Waals surface area contributed by atoms with Crippen LogP contribution in [0.4, 0.5) is 5.69 Å². The zero-order chi connectivity index (χ0) is 22.1. The van der Waals surface area contributed by atoms with Crippen LogP contribution in [0.2, 0.25) is 5.02 Å². The number of piperazine rings is 1. The molecule has 7 nitrogen and oxygen atoms in total. The monoisotopic (exact) mass is 446 g/mol. The van der Waals surface area contributed by atoms with E-state index in [1.54, 1.807) is 7.11 Å². The summed E-state index contributed by atoms with van der Waals surface area (Å²) in [4.78, 5) is 14.7. The second-order valence-electron chi connectivity index (χ2n) is 7.58. The average Bonchev–Trinajstić information content (AvgIpc) is 2.78. The largest absolute Gasteiger partial charge is 0.493 e. The van der Waals surface area contributed by atoms with Crippen LogP contribution in [0, 0.1) is 6.92 Å². The minimum absolute atomic E-state index is 0.160. The van der Waals surface area contributed by atoms with Crippen molar-refractivity contribution in [2.24, 2.45) is 0 Å². The van der Waals surface area contributed by atoms with E-state index in [1.165, 1.54) is 0 Å². The number of hydrogen-bond donors (Lipinski definition) is 3. The number of rotatable bonds is 10. The van der Waals surface area contributed by atoms with Crippen molar-refractivity contribution in [2.45, 2.75) is 13.5 Å². The van der Waals surface area contributed by atoms with Crippen LogP contribution in [0.25, 0.3) is 0 Å². The van der Waals surface area contributed by atoms with Gasteiger partial charge < -0.3 is 25.4 Å². The summed E-state index contributed by atoms with van der Waals surface area (Å²) in [6.45, 7) is 8.71. The summed E-state index contributed by atoms with van der Waals surface area (Å²) in [5.41, 5.74) is 2.85. The van der Waals surface area contributed by atoms with Gasteiger partial charge in [0.05, 0.1) is 12.1 Å². The Morgan fingerprint density at radius 2 is 1.94 bits per heavy atom. The fourth-order valence-electron chi connectivity index (χ4n) is 3.39. The summed E-state index contributed by atoms with van der Waals surface area (Å²) in [6, 6.07) is 11.3. The summed E-state index contributed by atoms with van der Waals surface area (Å²) < 4.78 is 11.1. The van der Waals surface area contributed by atoms with Crippen LogP contribution in [0.15, 0.2) is 36.4 Å². The molecule has 31 heavy (non-hydrogen) atoms. The van der Waals surface area contributed by atoms with Gasteiger partial charge in [0.1, 0.15) is 0 Å². The molecule has 1 heterocycles. The highest BCUT2D eigenvalue weighted by molar-refractivity contribution is 6.32. The maximum absolute atomic E-state index is 12.2. The molecule has 0 saturated carbocycles. The van der Waals surface area contributed by atoms with E-state index in [-0.39, 0.29) is 12.5 Å². The predicted molar refractivity (Wildman–Crippen MR) is 124 cm³/mol. The molecule has 0 aromatic heterocycles. The quantitative estimate of drug-likeness (QED) is 0.487. The molecule has 3 rings (SSSR count). The molecule has 1 aliphatic rings. The van der Waals surface area contributed by atoms with Gasteiger partial charge in [0.15, 0.2) is 18.1 Å². The summed E-state index contributed by atoms with van der Waals surface area (Å²) >= 11 is 6.43. The number of nitrogens with one attached hydrogen (secondary N) is 3. The van der Waals surface area contributed by atoms with Crippen LogP contribution in [0.1, 0.15) is 11.1 Å². The molecule has 1 amide bonds. The topological polar surface area (TPSA) is 74.9 Å². The first-order chi connectivity index (χ1) is 15.0. The third-order valence-electron chi connectivity index (χ3n) is 5.12. The number of nitrogens with zero attached hydrogens (tertiary/aromatic N) is 1. The molecule has 0 unspecified atom stereocenters. The summed E-state index contributed by atoms with van der Waals surface area (Å²) in [5.74, 6) is 0.614. The van der Waals surface area contributed by atoms with E-state index in [0.717, 1.165) is 56.1 Å². The Morgan fingerprint density at radius 3 is 2.65 bits per heavy atom. The molecule has 0 bridgehead atoms. The highest BCUT2D eigenvalue weighted by Gasteiger charge is 2.14. The van der Waals surface area contributed by atoms with Crippen LogP contribution < -0.4 is 25.4 Å². The van der Waals surface area contributed by atoms with Crippen molar-refractivity contribution in [3.63, 3.8) is 0 Å². The van der Waals surface area contributed by atoms with Gasteiger partial charge in [-0.05, 0) is 36.8 Å². The molecule has 1 saturated heterocycles. The highest BCUT2D eigenvalue weighted by Crippen LogP contribution is 2.36. The van der Waals surface area contributed by atoms with E-state index in [4.69, 9.17) is 21.1 Å². The first-order valence-electron chi connectivity index (χ1n) is 10.5. The molecule has 2 aromatic rings. The Labute approximate surface area is 189 Å². The van der Waals surface area contributed by atoms with Crippen molar-refractivity contribution in [3.05, 3.63) is 52.5 Å². The molecule has 1 fully saturated rings. The highest BCUT2D eigenvalue weighted by atomic mass is 35.5. The third kappa shape index (κ3) is 7.40. The van der Waals surface area contributed by atoms with Gasteiger partial charge in [-0.1, -0.05) is 29.3 Å². The minimum atomic E-state index is -0.263. The van der Waals surface area contributed by atoms with Gasteiger partial charge in [-0.2, -0.15) is 0 Å². The molecule has 0 aliphatic carbocycles. The van der Waals surface area contributed by atoms with Crippen LogP contribution >= 0.6 is 11.6 Å². The lowest BCUT2D eigenvalue weighted by Crippen LogP contribution is -2.45. The molecule has 2 aromatic carbocycles. The van der Waals surface area contributed by atoms with Crippen molar-refractivity contribution in [2.75, 3.05) is 58.3 Å². The van der Waals surface area contributed by atoms with Crippen molar-refractivity contribution in [1.82, 2.24) is 15.5 Å². The zero-order valence-corrected chi connectivity index (χ0v) is 18.9. The molecular weight excluding hydrogens is 416 g/mol. The number of ether oxygens (including phenoxy) is 2. The lowest BCUT2D eigenvalue weighted by Gasteiger charge is -2.27. The van der Waals surface area contributed by atoms with E-state index >= 15 is 0 Å². The lowest BCUT2D eigenvalue weighted by molar-refractivity contribution is -0.118. The van der Waals surface area contributed by atoms with Crippen LogP contribution in [0.3, 0.4) is 0 Å². The van der Waals surface area contributed by atoms with Crippen LogP contribution in [-0.2, 0) is 11.3 Å². The van der Waals surface area contributed by atoms with Gasteiger partial charge in [0.2, 0.25) is 0 Å². The van der Waals surface area contributed by atoms with Crippen LogP contribution in [-0.4, -0.2) is 63.8 Å². The normalized spacial score (nSPS) is 14.3. The summed E-state index contributed by atoms with van der Waals surface area (Å²) in [7, 11) is 1.56. The van der Waals surface area contributed by atoms with Crippen LogP contribution in [0.5, 0.6) is 11.5 Å². The second kappa shape index (κ2) is 11.9. The van der Waals surface area contributed by atoms with Crippen molar-refractivity contribution >= 4 is 23.2 Å². The number of hydrogen-bond acceptors (Lipinski definition) is 6. The van der Waals surface area contributed by atoms with E-state index in [9.17, 15) is 4.79 Å². The number of carbonyl (C=O) groups is 1. The smallest absolute Gasteiger partial charge is 0.262 e. The number of benzene rings is 2. The van der Waals surface area contributed by atoms with Crippen molar-refractivity contribution in [3.8, 4) is 11.5 Å². The van der Waals surface area contributed by atoms with E-state index < -0.39 is 0 Å². The minimum Gasteiger partial charge on any atom is -0.493 e. The van der Waals surface area contributed by atoms with Gasteiger partial charge in [-0.25, -0.2) is 0 Å². The summed E-state index contributed by atoms with van der Waals surface area (Å²) in [6.07, 6.45) is 0. The maximum Gasteiger partial charge on any atom is 0.262 e. The molecule has 0 spiro atoms. The van der Waals surface area contributed by atoms with Gasteiger partial charge >= 0.3 is 0 Å². The number of carbonyl (C=O) groups excluding carboxylic acids is 1. The lowest BCUT2D eigenvalue weighted by atomic mass is 10.2. The Balaban J connectivity index is 1.49. The second-order valence-corrected chi connectivity index (χ2v) is 7.99. The molecule has 3 N–H and O–H groups in total. The van der Waals surface area contributed by atoms with E-state index in [1.807, 2.05) is 43.3 Å². The number of amides is 1. The maximum atomic E-state index is 12.2. The van der Waals surface area contributed by atoms with Gasteiger partial charge in [0, 0.05) is 51.5 Å². The van der Waals surface area contributed by atoms with Crippen molar-refractivity contribution in [1.29, 1.82) is 0 Å². The number of anilines is 1. The molecule has 0 atom stereocenters. The standard InChI is InChI=1S/C23H31ClN4O3/c1-17-3-5-19(6-4-17)27-22(29)16-31-23-20(24)13-18(14-21(23)30-2)15-26-9-12-28-10-7-25-8-11-28/h3-6,13-14,25-26H,7-12,15-16H2,1-2H3,(H,27,29). The zero-order valence-electron chi connectivity index (χ0n) is 18.2. The number of methoxy groups -OCH3 is 1.